The molecule has 0 amide bonds. The van der Waals surface area contributed by atoms with Crippen molar-refractivity contribution in [2.45, 2.75) is 19.3 Å². The zero-order chi connectivity index (χ0) is 35.3. The number of hydrogen-bond acceptors (Lipinski definition) is 4. The first-order valence-corrected chi connectivity index (χ1v) is 18.0. The van der Waals surface area contributed by atoms with Crippen LogP contribution >= 0.6 is 0 Å². The Bertz CT molecular complexity index is 3020. The van der Waals surface area contributed by atoms with Gasteiger partial charge in [-0.3, -0.25) is 4.57 Å². The molecule has 4 aliphatic rings. The molecule has 7 aromatic rings. The van der Waals surface area contributed by atoms with Gasteiger partial charge in [0, 0.05) is 56.4 Å². The summed E-state index contributed by atoms with van der Waals surface area (Å²) in [6, 6.07) is 46.1. The highest BCUT2D eigenvalue weighted by atomic mass is 16.3. The first-order chi connectivity index (χ1) is 26.0. The van der Waals surface area contributed by atoms with Gasteiger partial charge in [-0.25, -0.2) is 4.98 Å². The zero-order valence-corrected chi connectivity index (χ0v) is 29.2. The highest BCUT2D eigenvalue weighted by Gasteiger charge is 2.41. The van der Waals surface area contributed by atoms with Crippen molar-refractivity contribution in [2.75, 3.05) is 0 Å². The molecule has 0 saturated heterocycles. The van der Waals surface area contributed by atoms with Crippen LogP contribution in [0.25, 0.3) is 90.6 Å². The van der Waals surface area contributed by atoms with E-state index in [1.54, 1.807) is 0 Å². The van der Waals surface area contributed by atoms with E-state index >= 15 is 0 Å². The number of pyridine rings is 1. The average Bonchev–Trinajstić information content (AvgIpc) is 3.88. The molecule has 5 aromatic carbocycles. The fourth-order valence-electron chi connectivity index (χ4n) is 8.76. The molecule has 0 spiro atoms. The smallest absolute Gasteiger partial charge is 0.237 e. The van der Waals surface area contributed by atoms with E-state index in [4.69, 9.17) is 19.4 Å². The summed E-state index contributed by atoms with van der Waals surface area (Å²) in [6.07, 6.45) is 9.06. The van der Waals surface area contributed by atoms with E-state index < -0.39 is 0 Å². The van der Waals surface area contributed by atoms with E-state index in [-0.39, 0.29) is 5.41 Å². The fourth-order valence-corrected chi connectivity index (χ4v) is 8.76. The predicted octanol–water partition coefficient (Wildman–Crippen LogP) is 9.99. The topological polar surface area (TPSA) is 56.7 Å². The number of rotatable bonds is 4. The Labute approximate surface area is 305 Å². The van der Waals surface area contributed by atoms with E-state index in [9.17, 15) is 0 Å². The second-order valence-corrected chi connectivity index (χ2v) is 14.5. The lowest BCUT2D eigenvalue weighted by Gasteiger charge is -2.33. The van der Waals surface area contributed by atoms with Crippen LogP contribution in [-0.2, 0) is 5.41 Å². The van der Waals surface area contributed by atoms with Crippen LogP contribution in [0.5, 0.6) is 0 Å². The molecule has 3 aliphatic carbocycles. The summed E-state index contributed by atoms with van der Waals surface area (Å²) < 4.78 is 8.73. The molecular weight excluding hydrogens is 649 g/mol. The van der Waals surface area contributed by atoms with Gasteiger partial charge in [-0.05, 0) is 62.6 Å². The largest absolute Gasteiger partial charge is 0.455 e. The van der Waals surface area contributed by atoms with Crippen molar-refractivity contribution < 1.29 is 4.42 Å². The second-order valence-electron chi connectivity index (χ2n) is 14.5. The zero-order valence-electron chi connectivity index (χ0n) is 29.2. The van der Waals surface area contributed by atoms with Crippen molar-refractivity contribution in [3.63, 3.8) is 0 Å². The van der Waals surface area contributed by atoms with Gasteiger partial charge in [0.2, 0.25) is 5.95 Å². The van der Waals surface area contributed by atoms with Gasteiger partial charge in [0.25, 0.3) is 0 Å². The first kappa shape index (κ1) is 29.8. The normalized spacial score (nSPS) is 14.2. The number of para-hydroxylation sites is 2. The molecule has 0 bridgehead atoms. The maximum absolute atomic E-state index is 6.67. The minimum Gasteiger partial charge on any atom is -0.455 e. The lowest BCUT2D eigenvalue weighted by atomic mass is 9.69. The number of furan rings is 1. The summed E-state index contributed by atoms with van der Waals surface area (Å²) in [5.74, 6) is 1.82. The van der Waals surface area contributed by atoms with Crippen LogP contribution in [0.15, 0.2) is 156 Å². The van der Waals surface area contributed by atoms with Gasteiger partial charge >= 0.3 is 0 Å². The Morgan fingerprint density at radius 1 is 0.585 bits per heavy atom. The Morgan fingerprint density at radius 3 is 2.04 bits per heavy atom. The predicted molar refractivity (Wildman–Crippen MR) is 214 cm³/mol. The van der Waals surface area contributed by atoms with Gasteiger partial charge in [0.1, 0.15) is 11.2 Å². The van der Waals surface area contributed by atoms with Crippen LogP contribution in [-0.4, -0.2) is 19.5 Å². The maximum Gasteiger partial charge on any atom is 0.237 e. The Hall–Kier alpha value is -6.85. The van der Waals surface area contributed by atoms with Gasteiger partial charge < -0.3 is 4.42 Å². The lowest BCUT2D eigenvalue weighted by Crippen LogP contribution is -2.31. The molecular formula is C48H32N4O. The summed E-state index contributed by atoms with van der Waals surface area (Å²) in [5, 5.41) is 4.80. The summed E-state index contributed by atoms with van der Waals surface area (Å²) in [7, 11) is 0. The highest BCUT2D eigenvalue weighted by Crippen LogP contribution is 2.56. The molecule has 0 unspecified atom stereocenters. The summed E-state index contributed by atoms with van der Waals surface area (Å²) in [4.78, 5) is 15.1. The van der Waals surface area contributed by atoms with E-state index in [1.807, 2.05) is 66.7 Å². The molecule has 5 heteroatoms. The van der Waals surface area contributed by atoms with E-state index in [0.29, 0.717) is 17.6 Å². The van der Waals surface area contributed by atoms with E-state index in [2.05, 4.69) is 110 Å². The highest BCUT2D eigenvalue weighted by molar-refractivity contribution is 6.14. The van der Waals surface area contributed by atoms with Crippen LogP contribution in [0.4, 0.5) is 0 Å². The van der Waals surface area contributed by atoms with Gasteiger partial charge in [-0.15, -0.1) is 0 Å². The van der Waals surface area contributed by atoms with Crippen LogP contribution in [0.3, 0.4) is 0 Å². The standard InChI is InChI=1S/C48H32N4O/c1-48(2)42-32(26-31-18-9-10-19-33(31)42)27-38-41(37-22-13-21-36-34-20-11-12-23-40(34)53-44(36)37)35-24-25-52(28-39(35)43(38)48)47-50-45(29-14-5-3-6-15-29)49-46(51-47)30-16-7-4-8-17-30/h3-28H,1-2H3. The van der Waals surface area contributed by atoms with Crippen molar-refractivity contribution in [3.8, 4) is 51.0 Å². The van der Waals surface area contributed by atoms with Gasteiger partial charge in [0.05, 0.1) is 0 Å². The fraction of sp³-hybridized carbons (Fsp3) is 0.0625. The SMILES string of the molecule is CC1(C)C2=c3ccccc3=CC2=Cc2c(-c3cccc4c3oc3ccccc34)c3ccn(-c4nc(-c5ccccc5)nc(-c5ccccc5)n4)cc-3c21. The van der Waals surface area contributed by atoms with Gasteiger partial charge in [-0.2, -0.15) is 9.97 Å². The Balaban J connectivity index is 1.21. The van der Waals surface area contributed by atoms with Gasteiger partial charge in [-0.1, -0.05) is 135 Å². The monoisotopic (exact) mass is 680 g/mol. The van der Waals surface area contributed by atoms with Crippen LogP contribution in [0.2, 0.25) is 0 Å². The Morgan fingerprint density at radius 2 is 1.26 bits per heavy atom. The molecule has 0 saturated carbocycles. The molecule has 250 valence electrons. The molecule has 53 heavy (non-hydrogen) atoms. The first-order valence-electron chi connectivity index (χ1n) is 18.0. The molecule has 3 heterocycles. The van der Waals surface area contributed by atoms with Crippen molar-refractivity contribution in [1.82, 2.24) is 19.5 Å². The summed E-state index contributed by atoms with van der Waals surface area (Å²) >= 11 is 0. The van der Waals surface area contributed by atoms with Crippen LogP contribution in [0, 0.1) is 0 Å². The molecule has 11 rings (SSSR count). The van der Waals surface area contributed by atoms with Crippen molar-refractivity contribution in [2.24, 2.45) is 0 Å². The number of aromatic nitrogens is 4. The minimum atomic E-state index is -0.316. The lowest BCUT2D eigenvalue weighted by molar-refractivity contribution is 0.670. The van der Waals surface area contributed by atoms with Crippen molar-refractivity contribution in [3.05, 3.63) is 173 Å². The van der Waals surface area contributed by atoms with E-state index in [0.717, 1.165) is 44.2 Å². The summed E-state index contributed by atoms with van der Waals surface area (Å²) in [5.41, 5.74) is 13.1. The second kappa shape index (κ2) is 11.1. The van der Waals surface area contributed by atoms with Crippen molar-refractivity contribution in [1.29, 1.82) is 0 Å². The number of fused-ring (bicyclic) bond motifs is 8. The van der Waals surface area contributed by atoms with Crippen LogP contribution in [0.1, 0.15) is 25.0 Å². The van der Waals surface area contributed by atoms with Crippen molar-refractivity contribution >= 4 is 39.7 Å². The molecule has 5 nitrogen and oxygen atoms in total. The van der Waals surface area contributed by atoms with Gasteiger partial charge in [0.15, 0.2) is 11.6 Å². The molecule has 0 fully saturated rings. The Kier molecular flexibility index (Phi) is 6.23. The van der Waals surface area contributed by atoms with E-state index in [1.165, 1.54) is 43.8 Å². The molecule has 2 aromatic heterocycles. The number of hydrogen-bond donors (Lipinski definition) is 0. The average molecular weight is 681 g/mol. The minimum absolute atomic E-state index is 0.316. The number of allylic oxidation sites excluding steroid dienone is 1. The molecule has 0 atom stereocenters. The number of benzene rings is 5. The number of nitrogens with zero attached hydrogens (tertiary/aromatic N) is 4. The molecule has 0 N–H and O–H groups in total. The third-order valence-corrected chi connectivity index (χ3v) is 11.0. The third-order valence-electron chi connectivity index (χ3n) is 11.0. The quantitative estimate of drug-likeness (QED) is 0.186. The summed E-state index contributed by atoms with van der Waals surface area (Å²) in [6.45, 7) is 4.74. The maximum atomic E-state index is 6.67. The molecule has 0 radical (unpaired) electrons. The van der Waals surface area contributed by atoms with Crippen LogP contribution < -0.4 is 10.4 Å². The molecule has 1 aliphatic heterocycles. The third kappa shape index (κ3) is 4.40.